The predicted molar refractivity (Wildman–Crippen MR) is 98.6 cm³/mol. The molecule has 0 aliphatic carbocycles. The predicted octanol–water partition coefficient (Wildman–Crippen LogP) is 3.21. The molecule has 2 aromatic rings. The summed E-state index contributed by atoms with van der Waals surface area (Å²) in [6, 6.07) is 5.24. The lowest BCUT2D eigenvalue weighted by Gasteiger charge is -2.23. The fraction of sp³-hybridized carbons (Fsp3) is 0.375. The van der Waals surface area contributed by atoms with E-state index in [4.69, 9.17) is 11.6 Å². The van der Waals surface area contributed by atoms with Crippen molar-refractivity contribution in [2.45, 2.75) is 37.6 Å². The molecule has 0 radical (unpaired) electrons. The maximum absolute atomic E-state index is 12.9. The van der Waals surface area contributed by atoms with Gasteiger partial charge in [0, 0.05) is 16.4 Å². The highest BCUT2D eigenvalue weighted by molar-refractivity contribution is 7.89. The highest BCUT2D eigenvalue weighted by Gasteiger charge is 2.39. The van der Waals surface area contributed by atoms with Gasteiger partial charge in [0.1, 0.15) is 6.04 Å². The third-order valence-corrected chi connectivity index (χ3v) is 7.35. The molecule has 0 saturated carbocycles. The lowest BCUT2D eigenvalue weighted by molar-refractivity contribution is -0.119. The zero-order valence-corrected chi connectivity index (χ0v) is 16.2. The number of aromatic nitrogens is 1. The number of halogens is 1. The van der Waals surface area contributed by atoms with E-state index in [1.54, 1.807) is 0 Å². The standard InChI is InChI=1S/C16H18ClN3O3S2/c1-10-11(2)24-16(18-10)19-15(21)14-4-3-9-20(14)25(22,23)13-7-5-12(17)6-8-13/h5-8,14H,3-4,9H2,1-2H3,(H,18,19,21)/t14-/m1/s1. The molecule has 0 bridgehead atoms. The van der Waals surface area contributed by atoms with Crippen LogP contribution in [-0.4, -0.2) is 36.2 Å². The Bertz CT molecular complexity index is 874. The number of thiazole rings is 1. The second-order valence-electron chi connectivity index (χ2n) is 5.88. The van der Waals surface area contributed by atoms with E-state index in [1.807, 2.05) is 13.8 Å². The van der Waals surface area contributed by atoms with Crippen molar-refractivity contribution < 1.29 is 13.2 Å². The number of rotatable bonds is 4. The smallest absolute Gasteiger partial charge is 0.244 e. The van der Waals surface area contributed by atoms with Gasteiger partial charge in [-0.3, -0.25) is 4.79 Å². The minimum Gasteiger partial charge on any atom is -0.301 e. The molecule has 0 spiro atoms. The van der Waals surface area contributed by atoms with Crippen molar-refractivity contribution in [3.63, 3.8) is 0 Å². The number of nitrogens with zero attached hydrogens (tertiary/aromatic N) is 2. The van der Waals surface area contributed by atoms with E-state index >= 15 is 0 Å². The van der Waals surface area contributed by atoms with E-state index in [1.165, 1.54) is 39.9 Å². The lowest BCUT2D eigenvalue weighted by Crippen LogP contribution is -2.43. The summed E-state index contributed by atoms with van der Waals surface area (Å²) in [4.78, 5) is 18.0. The molecular formula is C16H18ClN3O3S2. The number of nitrogens with one attached hydrogen (secondary N) is 1. The first-order chi connectivity index (χ1) is 11.8. The van der Waals surface area contributed by atoms with Crippen molar-refractivity contribution in [2.75, 3.05) is 11.9 Å². The number of aryl methyl sites for hydroxylation is 2. The summed E-state index contributed by atoms with van der Waals surface area (Å²) in [7, 11) is -3.75. The van der Waals surface area contributed by atoms with Crippen LogP contribution in [0.4, 0.5) is 5.13 Å². The van der Waals surface area contributed by atoms with Gasteiger partial charge in [-0.05, 0) is 51.0 Å². The van der Waals surface area contributed by atoms with Crippen LogP contribution in [0.25, 0.3) is 0 Å². The number of hydrogen-bond acceptors (Lipinski definition) is 5. The van der Waals surface area contributed by atoms with E-state index in [-0.39, 0.29) is 10.8 Å². The van der Waals surface area contributed by atoms with Crippen LogP contribution in [-0.2, 0) is 14.8 Å². The molecule has 1 amide bonds. The van der Waals surface area contributed by atoms with Crippen molar-refractivity contribution in [1.82, 2.24) is 9.29 Å². The maximum atomic E-state index is 12.9. The normalized spacial score (nSPS) is 18.4. The van der Waals surface area contributed by atoms with Crippen LogP contribution in [0.15, 0.2) is 29.2 Å². The zero-order valence-electron chi connectivity index (χ0n) is 13.8. The summed E-state index contributed by atoms with van der Waals surface area (Å²) in [5.41, 5.74) is 0.859. The molecule has 25 heavy (non-hydrogen) atoms. The van der Waals surface area contributed by atoms with Gasteiger partial charge in [0.25, 0.3) is 0 Å². The molecule has 1 fully saturated rings. The molecule has 1 N–H and O–H groups in total. The maximum Gasteiger partial charge on any atom is 0.244 e. The number of sulfonamides is 1. The zero-order chi connectivity index (χ0) is 18.2. The van der Waals surface area contributed by atoms with E-state index in [0.29, 0.717) is 29.5 Å². The van der Waals surface area contributed by atoms with Gasteiger partial charge in [-0.15, -0.1) is 11.3 Å². The van der Waals surface area contributed by atoms with Crippen LogP contribution in [0.3, 0.4) is 0 Å². The number of benzene rings is 1. The largest absolute Gasteiger partial charge is 0.301 e. The Kier molecular flexibility index (Phi) is 5.15. The first kappa shape index (κ1) is 18.3. The van der Waals surface area contributed by atoms with Gasteiger partial charge in [-0.2, -0.15) is 4.31 Å². The van der Waals surface area contributed by atoms with Crippen LogP contribution >= 0.6 is 22.9 Å². The molecule has 1 atom stereocenters. The number of hydrogen-bond donors (Lipinski definition) is 1. The summed E-state index contributed by atoms with van der Waals surface area (Å²) in [5, 5.41) is 3.71. The number of carbonyl (C=O) groups excluding carboxylic acids is 1. The average molecular weight is 400 g/mol. The van der Waals surface area contributed by atoms with E-state index < -0.39 is 16.1 Å². The molecule has 3 rings (SSSR count). The quantitative estimate of drug-likeness (QED) is 0.856. The van der Waals surface area contributed by atoms with Crippen molar-refractivity contribution in [1.29, 1.82) is 0 Å². The fourth-order valence-electron chi connectivity index (χ4n) is 2.75. The van der Waals surface area contributed by atoms with Gasteiger partial charge in [-0.1, -0.05) is 11.6 Å². The summed E-state index contributed by atoms with van der Waals surface area (Å²) < 4.78 is 27.0. The summed E-state index contributed by atoms with van der Waals surface area (Å²) >= 11 is 7.21. The summed E-state index contributed by atoms with van der Waals surface area (Å²) in [6.45, 7) is 4.11. The second-order valence-corrected chi connectivity index (χ2v) is 9.41. The molecule has 1 aromatic heterocycles. The van der Waals surface area contributed by atoms with Gasteiger partial charge < -0.3 is 5.32 Å². The minimum atomic E-state index is -3.75. The monoisotopic (exact) mass is 399 g/mol. The Balaban J connectivity index is 1.81. The third-order valence-electron chi connectivity index (χ3n) is 4.19. The molecule has 1 aliphatic rings. The van der Waals surface area contributed by atoms with Gasteiger partial charge >= 0.3 is 0 Å². The van der Waals surface area contributed by atoms with E-state index in [0.717, 1.165) is 10.6 Å². The summed E-state index contributed by atoms with van der Waals surface area (Å²) in [6.07, 6.45) is 1.13. The molecular weight excluding hydrogens is 382 g/mol. The Morgan fingerprint density at radius 3 is 2.60 bits per heavy atom. The molecule has 134 valence electrons. The number of anilines is 1. The Morgan fingerprint density at radius 2 is 2.00 bits per heavy atom. The van der Waals surface area contributed by atoms with Crippen LogP contribution in [0.2, 0.25) is 5.02 Å². The van der Waals surface area contributed by atoms with Gasteiger partial charge in [0.15, 0.2) is 5.13 Å². The number of carbonyl (C=O) groups is 1. The van der Waals surface area contributed by atoms with Crippen molar-refractivity contribution >= 4 is 44.0 Å². The highest BCUT2D eigenvalue weighted by Crippen LogP contribution is 2.28. The topological polar surface area (TPSA) is 79.4 Å². The molecule has 0 unspecified atom stereocenters. The Morgan fingerprint density at radius 1 is 1.32 bits per heavy atom. The van der Waals surface area contributed by atoms with Crippen LogP contribution in [0, 0.1) is 13.8 Å². The van der Waals surface area contributed by atoms with Gasteiger partial charge in [0.05, 0.1) is 10.6 Å². The first-order valence-corrected chi connectivity index (χ1v) is 10.4. The third kappa shape index (κ3) is 3.72. The van der Waals surface area contributed by atoms with Crippen LogP contribution < -0.4 is 5.32 Å². The highest BCUT2D eigenvalue weighted by atomic mass is 35.5. The SMILES string of the molecule is Cc1nc(NC(=O)[C@H]2CCCN2S(=O)(=O)c2ccc(Cl)cc2)sc1C. The van der Waals surface area contributed by atoms with Crippen LogP contribution in [0.5, 0.6) is 0 Å². The van der Waals surface area contributed by atoms with Crippen molar-refractivity contribution in [3.05, 3.63) is 39.9 Å². The molecule has 1 aliphatic heterocycles. The average Bonchev–Trinajstić information content (AvgIpc) is 3.15. The Labute approximate surface area is 155 Å². The Hall–Kier alpha value is -1.48. The van der Waals surface area contributed by atoms with Crippen LogP contribution in [0.1, 0.15) is 23.4 Å². The molecule has 6 nitrogen and oxygen atoms in total. The fourth-order valence-corrected chi connectivity index (χ4v) is 5.35. The van der Waals surface area contributed by atoms with Gasteiger partial charge in [0.2, 0.25) is 15.9 Å². The summed E-state index contributed by atoms with van der Waals surface area (Å²) in [5.74, 6) is -0.344. The molecule has 2 heterocycles. The molecule has 1 aromatic carbocycles. The number of amides is 1. The van der Waals surface area contributed by atoms with Gasteiger partial charge in [-0.25, -0.2) is 13.4 Å². The molecule has 1 saturated heterocycles. The van der Waals surface area contributed by atoms with E-state index in [9.17, 15) is 13.2 Å². The first-order valence-electron chi connectivity index (χ1n) is 7.81. The van der Waals surface area contributed by atoms with E-state index in [2.05, 4.69) is 10.3 Å². The molecule has 9 heteroatoms. The minimum absolute atomic E-state index is 0.137. The van der Waals surface area contributed by atoms with Crippen molar-refractivity contribution in [3.8, 4) is 0 Å². The second kappa shape index (κ2) is 7.03. The lowest BCUT2D eigenvalue weighted by atomic mass is 10.2. The van der Waals surface area contributed by atoms with Crippen molar-refractivity contribution in [2.24, 2.45) is 0 Å².